The first-order chi connectivity index (χ1) is 22.8. The molecular weight excluding hydrogens is 590 g/mol. The van der Waals surface area contributed by atoms with Gasteiger partial charge in [-0.05, 0) is 111 Å². The van der Waals surface area contributed by atoms with E-state index in [1.54, 1.807) is 0 Å². The van der Waals surface area contributed by atoms with Gasteiger partial charge in [0, 0.05) is 80.7 Å². The standard InChI is InChI=1S/C38H51N5O4/c1-6-43(30-9-13-42(14-10-30)31-22-47-23-31)36-20-29(28-7-8-32(35(19-28)39-5)27-11-15-46-16-12-27)18-33(26(36)4)37(44)40-21-34-24(2)17-25(3)41-38(34)45/h7-8,17-20,27,30-31,39H,6,9-16,21-23H2,1-5H3,(H,40,44)(H,41,45). The van der Waals surface area contributed by atoms with Gasteiger partial charge >= 0.3 is 0 Å². The van der Waals surface area contributed by atoms with Crippen LogP contribution >= 0.6 is 0 Å². The fraction of sp³-hybridized carbons (Fsp3) is 0.526. The highest BCUT2D eigenvalue weighted by Crippen LogP contribution is 2.38. The van der Waals surface area contributed by atoms with Gasteiger partial charge in [-0.15, -0.1) is 0 Å². The number of aryl methyl sites for hydroxylation is 2. The first-order valence-electron chi connectivity index (χ1n) is 17.4. The zero-order valence-electron chi connectivity index (χ0n) is 28.7. The molecule has 3 aliphatic rings. The van der Waals surface area contributed by atoms with Crippen molar-refractivity contribution in [2.24, 2.45) is 0 Å². The van der Waals surface area contributed by atoms with Crippen LogP contribution in [0.5, 0.6) is 0 Å². The minimum absolute atomic E-state index is 0.157. The molecule has 6 rings (SSSR count). The molecule has 3 fully saturated rings. The molecule has 3 saturated heterocycles. The highest BCUT2D eigenvalue weighted by molar-refractivity contribution is 5.99. The lowest BCUT2D eigenvalue weighted by Crippen LogP contribution is -2.54. The molecule has 47 heavy (non-hydrogen) atoms. The molecule has 0 bridgehead atoms. The number of aromatic amines is 1. The summed E-state index contributed by atoms with van der Waals surface area (Å²) >= 11 is 0. The monoisotopic (exact) mass is 641 g/mol. The molecule has 252 valence electrons. The average Bonchev–Trinajstić information content (AvgIpc) is 3.05. The minimum atomic E-state index is -0.173. The van der Waals surface area contributed by atoms with Gasteiger partial charge in [0.05, 0.1) is 19.3 Å². The highest BCUT2D eigenvalue weighted by Gasteiger charge is 2.32. The van der Waals surface area contributed by atoms with Crippen LogP contribution in [0.2, 0.25) is 0 Å². The summed E-state index contributed by atoms with van der Waals surface area (Å²) < 4.78 is 11.1. The SMILES string of the molecule is CCN(c1cc(-c2ccc(C3CCOCC3)c(NC)c2)cc(C(=O)NCc2c(C)cc(C)[nH]c2=O)c1C)C1CCN(C2COC2)CC1. The summed E-state index contributed by atoms with van der Waals surface area (Å²) in [5.74, 6) is 0.296. The molecule has 0 radical (unpaired) electrons. The van der Waals surface area contributed by atoms with Gasteiger partial charge in [-0.2, -0.15) is 0 Å². The number of hydrogen-bond donors (Lipinski definition) is 3. The van der Waals surface area contributed by atoms with Gasteiger partial charge in [-0.3, -0.25) is 14.5 Å². The Bertz CT molecular complexity index is 1630. The number of hydrogen-bond acceptors (Lipinski definition) is 7. The van der Waals surface area contributed by atoms with Crippen molar-refractivity contribution < 1.29 is 14.3 Å². The number of amides is 1. The first kappa shape index (κ1) is 33.2. The Labute approximate surface area is 279 Å². The lowest BCUT2D eigenvalue weighted by Gasteiger charge is -2.44. The van der Waals surface area contributed by atoms with Gasteiger partial charge in [0.1, 0.15) is 0 Å². The number of aromatic nitrogens is 1. The Morgan fingerprint density at radius 1 is 0.979 bits per heavy atom. The van der Waals surface area contributed by atoms with E-state index in [0.29, 0.717) is 29.1 Å². The van der Waals surface area contributed by atoms with E-state index in [1.807, 2.05) is 33.0 Å². The van der Waals surface area contributed by atoms with E-state index in [9.17, 15) is 9.59 Å². The van der Waals surface area contributed by atoms with Crippen molar-refractivity contribution in [2.75, 3.05) is 63.3 Å². The number of nitrogens with one attached hydrogen (secondary N) is 3. The lowest BCUT2D eigenvalue weighted by molar-refractivity contribution is -0.0711. The van der Waals surface area contributed by atoms with E-state index in [0.717, 1.165) is 111 Å². The number of carbonyl (C=O) groups excluding carboxylic acids is 1. The number of rotatable bonds is 10. The number of likely N-dealkylation sites (tertiary alicyclic amines) is 1. The summed E-state index contributed by atoms with van der Waals surface area (Å²) in [6.45, 7) is 14.5. The summed E-state index contributed by atoms with van der Waals surface area (Å²) in [7, 11) is 1.98. The third kappa shape index (κ3) is 7.12. The summed E-state index contributed by atoms with van der Waals surface area (Å²) in [5, 5.41) is 6.54. The molecule has 0 unspecified atom stereocenters. The number of H-pyrrole nitrogens is 1. The quantitative estimate of drug-likeness (QED) is 0.268. The van der Waals surface area contributed by atoms with Crippen LogP contribution in [0.1, 0.15) is 76.8 Å². The molecule has 9 nitrogen and oxygen atoms in total. The number of carbonyl (C=O) groups is 1. The molecule has 3 N–H and O–H groups in total. The number of nitrogens with zero attached hydrogens (tertiary/aromatic N) is 2. The third-order valence-corrected chi connectivity index (χ3v) is 10.6. The predicted molar refractivity (Wildman–Crippen MR) is 189 cm³/mol. The van der Waals surface area contributed by atoms with Crippen molar-refractivity contribution in [3.05, 3.63) is 80.3 Å². The number of benzene rings is 2. The van der Waals surface area contributed by atoms with Crippen molar-refractivity contribution in [2.45, 2.75) is 77.9 Å². The van der Waals surface area contributed by atoms with E-state index >= 15 is 0 Å². The summed E-state index contributed by atoms with van der Waals surface area (Å²) in [5.41, 5.74) is 9.34. The fourth-order valence-corrected chi connectivity index (χ4v) is 7.70. The Kier molecular flexibility index (Phi) is 10.3. The number of anilines is 2. The Morgan fingerprint density at radius 2 is 1.72 bits per heavy atom. The van der Waals surface area contributed by atoms with Crippen molar-refractivity contribution in [1.29, 1.82) is 0 Å². The molecule has 3 aromatic rings. The molecule has 1 amide bonds. The maximum Gasteiger partial charge on any atom is 0.253 e. The van der Waals surface area contributed by atoms with E-state index in [-0.39, 0.29) is 18.0 Å². The van der Waals surface area contributed by atoms with Crippen LogP contribution < -0.4 is 21.1 Å². The zero-order chi connectivity index (χ0) is 33.1. The molecule has 9 heteroatoms. The first-order valence-corrected chi connectivity index (χ1v) is 17.4. The van der Waals surface area contributed by atoms with E-state index in [4.69, 9.17) is 9.47 Å². The average molecular weight is 642 g/mol. The smallest absolute Gasteiger partial charge is 0.253 e. The number of ether oxygens (including phenoxy) is 2. The van der Waals surface area contributed by atoms with Gasteiger partial charge in [0.15, 0.2) is 0 Å². The van der Waals surface area contributed by atoms with Crippen molar-refractivity contribution in [1.82, 2.24) is 15.2 Å². The van der Waals surface area contributed by atoms with Gasteiger partial charge in [-0.25, -0.2) is 0 Å². The van der Waals surface area contributed by atoms with Crippen LogP contribution in [0.25, 0.3) is 11.1 Å². The third-order valence-electron chi connectivity index (χ3n) is 10.6. The molecule has 2 aromatic carbocycles. The van der Waals surface area contributed by atoms with E-state index in [1.165, 1.54) is 5.56 Å². The molecule has 0 atom stereocenters. The molecule has 3 aliphatic heterocycles. The second kappa shape index (κ2) is 14.6. The fourth-order valence-electron chi connectivity index (χ4n) is 7.70. The molecule has 0 spiro atoms. The van der Waals surface area contributed by atoms with Gasteiger partial charge in [0.2, 0.25) is 0 Å². The predicted octanol–water partition coefficient (Wildman–Crippen LogP) is 5.52. The second-order valence-corrected chi connectivity index (χ2v) is 13.5. The second-order valence-electron chi connectivity index (χ2n) is 13.5. The van der Waals surface area contributed by atoms with Crippen LogP contribution in [-0.2, 0) is 16.0 Å². The molecule has 0 aliphatic carbocycles. The largest absolute Gasteiger partial charge is 0.388 e. The van der Waals surface area contributed by atoms with Crippen LogP contribution in [0.4, 0.5) is 11.4 Å². The van der Waals surface area contributed by atoms with Crippen LogP contribution in [0.15, 0.2) is 41.2 Å². The maximum absolute atomic E-state index is 14.0. The summed E-state index contributed by atoms with van der Waals surface area (Å²) in [6, 6.07) is 13.9. The summed E-state index contributed by atoms with van der Waals surface area (Å²) in [4.78, 5) is 34.7. The van der Waals surface area contributed by atoms with Crippen LogP contribution in [-0.4, -0.2) is 81.0 Å². The van der Waals surface area contributed by atoms with Crippen LogP contribution in [0, 0.1) is 20.8 Å². The van der Waals surface area contributed by atoms with E-state index < -0.39 is 0 Å². The normalized spacial score (nSPS) is 18.1. The molecule has 1 aromatic heterocycles. The summed E-state index contributed by atoms with van der Waals surface area (Å²) in [6.07, 6.45) is 4.20. The zero-order valence-corrected chi connectivity index (χ0v) is 28.7. The number of pyridine rings is 1. The minimum Gasteiger partial charge on any atom is -0.388 e. The van der Waals surface area contributed by atoms with E-state index in [2.05, 4.69) is 63.5 Å². The maximum atomic E-state index is 14.0. The van der Waals surface area contributed by atoms with Gasteiger partial charge in [-0.1, -0.05) is 12.1 Å². The van der Waals surface area contributed by atoms with Crippen molar-refractivity contribution >= 4 is 17.3 Å². The topological polar surface area (TPSA) is 98.9 Å². The van der Waals surface area contributed by atoms with Crippen molar-refractivity contribution in [3.8, 4) is 11.1 Å². The lowest BCUT2D eigenvalue weighted by atomic mass is 9.88. The Hall–Kier alpha value is -3.66. The van der Waals surface area contributed by atoms with Crippen LogP contribution in [0.3, 0.4) is 0 Å². The Morgan fingerprint density at radius 3 is 2.36 bits per heavy atom. The van der Waals surface area contributed by atoms with Crippen molar-refractivity contribution in [3.63, 3.8) is 0 Å². The van der Waals surface area contributed by atoms with Gasteiger partial charge < -0.3 is 30.0 Å². The molecular formula is C38H51N5O4. The van der Waals surface area contributed by atoms with Gasteiger partial charge in [0.25, 0.3) is 11.5 Å². The number of piperidine rings is 1. The molecule has 0 saturated carbocycles. The Balaban J connectivity index is 1.35. The molecule has 4 heterocycles. The highest BCUT2D eigenvalue weighted by atomic mass is 16.5.